The van der Waals surface area contributed by atoms with Gasteiger partial charge in [-0.2, -0.15) is 0 Å². The third-order valence-corrected chi connectivity index (χ3v) is 5.53. The SMILES string of the molecule is CCN1C(=O)C(C)O/C1=N/P(=O)(OC)SC. The fourth-order valence-electron chi connectivity index (χ4n) is 1.22. The number of carbonyl (C=O) groups is 1. The maximum absolute atomic E-state index is 11.9. The largest absolute Gasteiger partial charge is 0.451 e. The molecule has 0 bridgehead atoms. The second-order valence-corrected chi connectivity index (χ2v) is 7.41. The molecular formula is C8H15N2O4PS. The van der Waals surface area contributed by atoms with Gasteiger partial charge in [-0.15, -0.1) is 4.76 Å². The number of amides is 1. The van der Waals surface area contributed by atoms with Crippen molar-refractivity contribution >= 4 is 30.0 Å². The smallest absolute Gasteiger partial charge is 0.375 e. The molecule has 1 fully saturated rings. The number of hydrogen-bond donors (Lipinski definition) is 0. The molecule has 0 N–H and O–H groups in total. The summed E-state index contributed by atoms with van der Waals surface area (Å²) >= 11 is 1.00. The van der Waals surface area contributed by atoms with Gasteiger partial charge in [0, 0.05) is 13.7 Å². The molecule has 0 saturated carbocycles. The summed E-state index contributed by atoms with van der Waals surface area (Å²) in [5, 5.41) is 0. The molecule has 1 amide bonds. The standard InChI is InChI=1S/C8H15N2O4PS/c1-5-10-7(11)6(2)14-8(10)9-15(12,13-3)16-4/h6H,5H2,1-4H3/b9-8+. The Morgan fingerprint density at radius 1 is 1.69 bits per heavy atom. The first-order valence-electron chi connectivity index (χ1n) is 4.77. The van der Waals surface area contributed by atoms with Crippen LogP contribution in [0.1, 0.15) is 13.8 Å². The van der Waals surface area contributed by atoms with E-state index in [9.17, 15) is 9.36 Å². The second-order valence-electron chi connectivity index (χ2n) is 3.06. The highest BCUT2D eigenvalue weighted by molar-refractivity contribution is 8.55. The van der Waals surface area contributed by atoms with E-state index in [4.69, 9.17) is 9.26 Å². The highest BCUT2D eigenvalue weighted by Crippen LogP contribution is 2.59. The van der Waals surface area contributed by atoms with Crippen LogP contribution < -0.4 is 0 Å². The second kappa shape index (κ2) is 5.21. The van der Waals surface area contributed by atoms with Crippen molar-refractivity contribution in [1.29, 1.82) is 0 Å². The maximum atomic E-state index is 11.9. The minimum absolute atomic E-state index is 0.0829. The minimum Gasteiger partial charge on any atom is -0.451 e. The van der Waals surface area contributed by atoms with Gasteiger partial charge in [0.15, 0.2) is 6.10 Å². The molecule has 1 saturated heterocycles. The number of hydrogen-bond acceptors (Lipinski definition) is 5. The van der Waals surface area contributed by atoms with Gasteiger partial charge in [-0.05, 0) is 31.5 Å². The highest BCUT2D eigenvalue weighted by atomic mass is 32.7. The fraction of sp³-hybridized carbons (Fsp3) is 0.750. The van der Waals surface area contributed by atoms with E-state index < -0.39 is 12.8 Å². The average Bonchev–Trinajstić information content (AvgIpc) is 2.54. The summed E-state index contributed by atoms with van der Waals surface area (Å²) in [6, 6.07) is 0.0829. The summed E-state index contributed by atoms with van der Waals surface area (Å²) in [6.07, 6.45) is 1.05. The number of carbonyl (C=O) groups excluding carboxylic acids is 1. The predicted octanol–water partition coefficient (Wildman–Crippen LogP) is 1.73. The normalized spacial score (nSPS) is 27.0. The van der Waals surface area contributed by atoms with E-state index in [0.717, 1.165) is 11.4 Å². The first-order chi connectivity index (χ1) is 7.47. The van der Waals surface area contributed by atoms with Crippen molar-refractivity contribution in [2.75, 3.05) is 19.9 Å². The Morgan fingerprint density at radius 3 is 2.75 bits per heavy atom. The lowest BCUT2D eigenvalue weighted by Gasteiger charge is -2.13. The number of likely N-dealkylation sites (N-methyl/N-ethyl adjacent to an activating group) is 1. The molecule has 0 radical (unpaired) electrons. The monoisotopic (exact) mass is 266 g/mol. The average molecular weight is 266 g/mol. The Hall–Kier alpha value is -0.520. The number of amidine groups is 1. The van der Waals surface area contributed by atoms with Gasteiger partial charge in [0.2, 0.25) is 0 Å². The van der Waals surface area contributed by atoms with Gasteiger partial charge in [-0.1, -0.05) is 0 Å². The minimum atomic E-state index is -3.15. The molecule has 0 spiro atoms. The molecule has 1 aliphatic heterocycles. The molecule has 2 atom stereocenters. The van der Waals surface area contributed by atoms with Crippen molar-refractivity contribution in [3.8, 4) is 0 Å². The van der Waals surface area contributed by atoms with Crippen molar-refractivity contribution in [3.63, 3.8) is 0 Å². The fourth-order valence-corrected chi connectivity index (χ4v) is 2.79. The molecule has 2 unspecified atom stereocenters. The van der Waals surface area contributed by atoms with Crippen molar-refractivity contribution < 1.29 is 18.6 Å². The third-order valence-electron chi connectivity index (χ3n) is 2.11. The molecule has 1 rings (SSSR count). The topological polar surface area (TPSA) is 68.2 Å². The van der Waals surface area contributed by atoms with Gasteiger partial charge in [-0.3, -0.25) is 14.3 Å². The summed E-state index contributed by atoms with van der Waals surface area (Å²) < 4.78 is 25.9. The molecule has 1 aliphatic rings. The van der Waals surface area contributed by atoms with Crippen LogP contribution in [0.4, 0.5) is 0 Å². The van der Waals surface area contributed by atoms with E-state index in [0.29, 0.717) is 6.54 Å². The van der Waals surface area contributed by atoms with Crippen molar-refractivity contribution in [2.45, 2.75) is 20.0 Å². The maximum Gasteiger partial charge on any atom is 0.375 e. The number of nitrogens with zero attached hydrogens (tertiary/aromatic N) is 2. The Bertz CT molecular complexity index is 352. The van der Waals surface area contributed by atoms with Crippen LogP contribution in [0, 0.1) is 0 Å². The van der Waals surface area contributed by atoms with Crippen LogP contribution in [-0.4, -0.2) is 42.8 Å². The molecule has 92 valence electrons. The first-order valence-corrected chi connectivity index (χ1v) is 8.18. The third kappa shape index (κ3) is 2.59. The van der Waals surface area contributed by atoms with Crippen molar-refractivity contribution in [3.05, 3.63) is 0 Å². The molecule has 16 heavy (non-hydrogen) atoms. The lowest BCUT2D eigenvalue weighted by molar-refractivity contribution is -0.128. The van der Waals surface area contributed by atoms with Gasteiger partial charge in [0.05, 0.1) is 0 Å². The lowest BCUT2D eigenvalue weighted by Crippen LogP contribution is -2.31. The summed E-state index contributed by atoms with van der Waals surface area (Å²) in [6.45, 7) is 0.709. The van der Waals surface area contributed by atoms with E-state index >= 15 is 0 Å². The van der Waals surface area contributed by atoms with E-state index in [1.54, 1.807) is 20.1 Å². The van der Waals surface area contributed by atoms with E-state index in [-0.39, 0.29) is 11.9 Å². The van der Waals surface area contributed by atoms with Crippen LogP contribution in [0.3, 0.4) is 0 Å². The van der Waals surface area contributed by atoms with Gasteiger partial charge >= 0.3 is 12.7 Å². The van der Waals surface area contributed by atoms with Crippen molar-refractivity contribution in [2.24, 2.45) is 4.76 Å². The number of ether oxygens (including phenoxy) is 1. The molecule has 0 aliphatic carbocycles. The van der Waals surface area contributed by atoms with Gasteiger partial charge in [0.25, 0.3) is 5.91 Å². The molecule has 6 nitrogen and oxygen atoms in total. The van der Waals surface area contributed by atoms with Crippen LogP contribution in [-0.2, 0) is 18.6 Å². The molecule has 0 aromatic carbocycles. The quantitative estimate of drug-likeness (QED) is 0.725. The summed E-state index contributed by atoms with van der Waals surface area (Å²) in [7, 11) is 1.32. The zero-order chi connectivity index (χ0) is 12.3. The molecule has 1 heterocycles. The molecule has 0 aromatic rings. The van der Waals surface area contributed by atoms with E-state index in [1.807, 2.05) is 0 Å². The van der Waals surface area contributed by atoms with Gasteiger partial charge in [0.1, 0.15) is 0 Å². The zero-order valence-corrected chi connectivity index (χ0v) is 11.4. The van der Waals surface area contributed by atoms with Crippen LogP contribution in [0.25, 0.3) is 0 Å². The Balaban J connectivity index is 3.00. The number of rotatable bonds is 4. The van der Waals surface area contributed by atoms with Crippen molar-refractivity contribution in [1.82, 2.24) is 4.90 Å². The van der Waals surface area contributed by atoms with Gasteiger partial charge < -0.3 is 9.26 Å². The summed E-state index contributed by atoms with van der Waals surface area (Å²) in [5.41, 5.74) is 0. The molecule has 8 heteroatoms. The van der Waals surface area contributed by atoms with Crippen LogP contribution in [0.5, 0.6) is 0 Å². The first kappa shape index (κ1) is 13.5. The zero-order valence-electron chi connectivity index (χ0n) is 9.67. The highest BCUT2D eigenvalue weighted by Gasteiger charge is 2.37. The lowest BCUT2D eigenvalue weighted by atomic mass is 10.4. The van der Waals surface area contributed by atoms with Crippen LogP contribution in [0.15, 0.2) is 4.76 Å². The molecular weight excluding hydrogens is 251 g/mol. The van der Waals surface area contributed by atoms with Crippen LogP contribution >= 0.6 is 18.1 Å². The van der Waals surface area contributed by atoms with Gasteiger partial charge in [-0.25, -0.2) is 0 Å². The summed E-state index contributed by atoms with van der Waals surface area (Å²) in [5.74, 6) is -0.176. The van der Waals surface area contributed by atoms with E-state index in [1.165, 1.54) is 12.0 Å². The summed E-state index contributed by atoms with van der Waals surface area (Å²) in [4.78, 5) is 12.9. The Morgan fingerprint density at radius 2 is 2.31 bits per heavy atom. The van der Waals surface area contributed by atoms with E-state index in [2.05, 4.69) is 4.76 Å². The molecule has 0 aromatic heterocycles. The predicted molar refractivity (Wildman–Crippen MR) is 63.5 cm³/mol. The van der Waals surface area contributed by atoms with Crippen LogP contribution in [0.2, 0.25) is 0 Å². The Kier molecular flexibility index (Phi) is 4.41. The Labute approximate surface area is 98.6 Å².